The van der Waals surface area contributed by atoms with Crippen LogP contribution in [0.1, 0.15) is 42.5 Å². The van der Waals surface area contributed by atoms with E-state index in [-0.39, 0.29) is 25.0 Å². The molecular formula is C24H30Cl2N2O3. The molecule has 0 saturated carbocycles. The molecule has 1 N–H and O–H groups in total. The molecule has 2 amide bonds. The molecular weight excluding hydrogens is 435 g/mol. The van der Waals surface area contributed by atoms with Crippen LogP contribution in [0.3, 0.4) is 0 Å². The van der Waals surface area contributed by atoms with Gasteiger partial charge in [0.1, 0.15) is 11.8 Å². The Labute approximate surface area is 194 Å². The lowest BCUT2D eigenvalue weighted by molar-refractivity contribution is -0.142. The summed E-state index contributed by atoms with van der Waals surface area (Å²) in [6.07, 6.45) is 0.474. The SMILES string of the molecule is CCNC(=O)[C@@H](CC)N(Cc1ccc(Cl)c(Cl)c1)C(=O)COc1cc(C)cc(C)c1C. The van der Waals surface area contributed by atoms with Gasteiger partial charge in [0, 0.05) is 13.1 Å². The fourth-order valence-electron chi connectivity index (χ4n) is 3.42. The second-order valence-corrected chi connectivity index (χ2v) is 8.40. The van der Waals surface area contributed by atoms with Crippen LogP contribution < -0.4 is 10.1 Å². The highest BCUT2D eigenvalue weighted by molar-refractivity contribution is 6.42. The summed E-state index contributed by atoms with van der Waals surface area (Å²) >= 11 is 12.2. The fourth-order valence-corrected chi connectivity index (χ4v) is 3.74. The third-order valence-corrected chi connectivity index (χ3v) is 5.93. The second kappa shape index (κ2) is 11.4. The van der Waals surface area contributed by atoms with E-state index in [2.05, 4.69) is 11.4 Å². The largest absolute Gasteiger partial charge is 0.483 e. The van der Waals surface area contributed by atoms with Crippen molar-refractivity contribution in [2.24, 2.45) is 0 Å². The third-order valence-electron chi connectivity index (χ3n) is 5.19. The van der Waals surface area contributed by atoms with Gasteiger partial charge in [0.2, 0.25) is 5.91 Å². The topological polar surface area (TPSA) is 58.6 Å². The van der Waals surface area contributed by atoms with E-state index >= 15 is 0 Å². The van der Waals surface area contributed by atoms with Gasteiger partial charge in [-0.1, -0.05) is 42.3 Å². The number of rotatable bonds is 9. The molecule has 2 aromatic rings. The van der Waals surface area contributed by atoms with Crippen LogP contribution in [-0.2, 0) is 16.1 Å². The second-order valence-electron chi connectivity index (χ2n) is 7.58. The minimum absolute atomic E-state index is 0.166. The Kier molecular flexibility index (Phi) is 9.20. The van der Waals surface area contributed by atoms with Crippen LogP contribution in [0.2, 0.25) is 10.0 Å². The van der Waals surface area contributed by atoms with E-state index in [1.807, 2.05) is 40.7 Å². The maximum absolute atomic E-state index is 13.2. The molecule has 2 rings (SSSR count). The van der Waals surface area contributed by atoms with Crippen molar-refractivity contribution >= 4 is 35.0 Å². The van der Waals surface area contributed by atoms with Crippen molar-refractivity contribution in [3.8, 4) is 5.75 Å². The first-order chi connectivity index (χ1) is 14.7. The van der Waals surface area contributed by atoms with Crippen LogP contribution in [0.4, 0.5) is 0 Å². The zero-order valence-electron chi connectivity index (χ0n) is 18.7. The zero-order valence-corrected chi connectivity index (χ0v) is 20.2. The summed E-state index contributed by atoms with van der Waals surface area (Å²) in [5.41, 5.74) is 3.94. The number of aryl methyl sites for hydroxylation is 2. The molecule has 0 aliphatic heterocycles. The molecule has 0 bridgehead atoms. The van der Waals surface area contributed by atoms with Gasteiger partial charge < -0.3 is 15.0 Å². The van der Waals surface area contributed by atoms with E-state index in [0.717, 1.165) is 22.3 Å². The van der Waals surface area contributed by atoms with E-state index in [4.69, 9.17) is 27.9 Å². The predicted octanol–water partition coefficient (Wildman–Crippen LogP) is 5.24. The van der Waals surface area contributed by atoms with Gasteiger partial charge in [-0.2, -0.15) is 0 Å². The standard InChI is InChI=1S/C24H30Cl2N2O3/c1-6-21(24(30)27-7-2)28(13-18-8-9-19(25)20(26)12-18)23(29)14-31-22-11-15(3)10-16(4)17(22)5/h8-12,21H,6-7,13-14H2,1-5H3,(H,27,30)/t21-/m1/s1. The van der Waals surface area contributed by atoms with Crippen LogP contribution in [0.15, 0.2) is 30.3 Å². The predicted molar refractivity (Wildman–Crippen MR) is 126 cm³/mol. The average molecular weight is 465 g/mol. The number of ether oxygens (including phenoxy) is 1. The number of benzene rings is 2. The Morgan fingerprint density at radius 1 is 1.06 bits per heavy atom. The minimum Gasteiger partial charge on any atom is -0.483 e. The summed E-state index contributed by atoms with van der Waals surface area (Å²) < 4.78 is 5.89. The number of nitrogens with one attached hydrogen (secondary N) is 1. The summed E-state index contributed by atoms with van der Waals surface area (Å²) in [7, 11) is 0. The first kappa shape index (κ1) is 25.0. The highest BCUT2D eigenvalue weighted by Crippen LogP contribution is 2.25. The lowest BCUT2D eigenvalue weighted by Crippen LogP contribution is -2.50. The normalized spacial score (nSPS) is 11.7. The molecule has 0 heterocycles. The summed E-state index contributed by atoms with van der Waals surface area (Å²) in [6.45, 7) is 10.2. The lowest BCUT2D eigenvalue weighted by atomic mass is 10.1. The van der Waals surface area contributed by atoms with Gasteiger partial charge in [-0.15, -0.1) is 0 Å². The maximum atomic E-state index is 13.2. The van der Waals surface area contributed by atoms with E-state index in [1.54, 1.807) is 23.1 Å². The Morgan fingerprint density at radius 2 is 1.77 bits per heavy atom. The van der Waals surface area contributed by atoms with Gasteiger partial charge in [-0.25, -0.2) is 0 Å². The molecule has 0 radical (unpaired) electrons. The number of halogens is 2. The Balaban J connectivity index is 2.28. The quantitative estimate of drug-likeness (QED) is 0.551. The molecule has 0 aliphatic rings. The number of likely N-dealkylation sites (N-methyl/N-ethyl adjacent to an activating group) is 1. The highest BCUT2D eigenvalue weighted by Gasteiger charge is 2.29. The van der Waals surface area contributed by atoms with Crippen molar-refractivity contribution in [2.75, 3.05) is 13.2 Å². The van der Waals surface area contributed by atoms with E-state index in [9.17, 15) is 9.59 Å². The number of hydrogen-bond acceptors (Lipinski definition) is 3. The first-order valence-electron chi connectivity index (χ1n) is 10.4. The molecule has 0 saturated heterocycles. The van der Waals surface area contributed by atoms with Gasteiger partial charge in [0.05, 0.1) is 10.0 Å². The molecule has 1 atom stereocenters. The monoisotopic (exact) mass is 464 g/mol. The number of carbonyl (C=O) groups is 2. The third kappa shape index (κ3) is 6.62. The average Bonchev–Trinajstić information content (AvgIpc) is 2.72. The minimum atomic E-state index is -0.620. The first-order valence-corrected chi connectivity index (χ1v) is 11.1. The molecule has 168 valence electrons. The number of amides is 2. The zero-order chi connectivity index (χ0) is 23.1. The molecule has 0 spiro atoms. The highest BCUT2D eigenvalue weighted by atomic mass is 35.5. The Morgan fingerprint density at radius 3 is 2.39 bits per heavy atom. The summed E-state index contributed by atoms with van der Waals surface area (Å²) in [5, 5.41) is 3.66. The van der Waals surface area contributed by atoms with Crippen LogP contribution in [0.5, 0.6) is 5.75 Å². The van der Waals surface area contributed by atoms with Crippen molar-refractivity contribution in [3.63, 3.8) is 0 Å². The van der Waals surface area contributed by atoms with Gasteiger partial charge in [-0.05, 0) is 74.6 Å². The van der Waals surface area contributed by atoms with E-state index < -0.39 is 6.04 Å². The molecule has 0 fully saturated rings. The lowest BCUT2D eigenvalue weighted by Gasteiger charge is -2.30. The van der Waals surface area contributed by atoms with Crippen LogP contribution in [-0.4, -0.2) is 35.9 Å². The summed E-state index contributed by atoms with van der Waals surface area (Å²) in [6, 6.07) is 8.57. The fraction of sp³-hybridized carbons (Fsp3) is 0.417. The molecule has 2 aromatic carbocycles. The van der Waals surface area contributed by atoms with Gasteiger partial charge in [0.25, 0.3) is 5.91 Å². The van der Waals surface area contributed by atoms with E-state index in [1.165, 1.54) is 0 Å². The molecule has 31 heavy (non-hydrogen) atoms. The molecule has 7 heteroatoms. The smallest absolute Gasteiger partial charge is 0.261 e. The van der Waals surface area contributed by atoms with Gasteiger partial charge in [0.15, 0.2) is 6.61 Å². The molecule has 0 unspecified atom stereocenters. The van der Waals surface area contributed by atoms with Crippen molar-refractivity contribution in [1.29, 1.82) is 0 Å². The Hall–Kier alpha value is -2.24. The molecule has 0 aliphatic carbocycles. The van der Waals surface area contributed by atoms with Crippen molar-refractivity contribution in [3.05, 3.63) is 62.6 Å². The Bertz CT molecular complexity index is 947. The molecule has 0 aromatic heterocycles. The molecule has 5 nitrogen and oxygen atoms in total. The van der Waals surface area contributed by atoms with Crippen LogP contribution in [0.25, 0.3) is 0 Å². The maximum Gasteiger partial charge on any atom is 0.261 e. The number of hydrogen-bond donors (Lipinski definition) is 1. The van der Waals surface area contributed by atoms with Crippen molar-refractivity contribution in [1.82, 2.24) is 10.2 Å². The van der Waals surface area contributed by atoms with Gasteiger partial charge in [-0.3, -0.25) is 9.59 Å². The van der Waals surface area contributed by atoms with Crippen molar-refractivity contribution < 1.29 is 14.3 Å². The number of nitrogens with zero attached hydrogens (tertiary/aromatic N) is 1. The summed E-state index contributed by atoms with van der Waals surface area (Å²) in [5.74, 6) is 0.204. The summed E-state index contributed by atoms with van der Waals surface area (Å²) in [4.78, 5) is 27.4. The van der Waals surface area contributed by atoms with Crippen molar-refractivity contribution in [2.45, 2.75) is 53.6 Å². The van der Waals surface area contributed by atoms with Crippen LogP contribution in [0, 0.1) is 20.8 Å². The van der Waals surface area contributed by atoms with E-state index in [0.29, 0.717) is 28.8 Å². The van der Waals surface area contributed by atoms with Gasteiger partial charge >= 0.3 is 0 Å². The number of carbonyl (C=O) groups excluding carboxylic acids is 2. The van der Waals surface area contributed by atoms with Crippen LogP contribution >= 0.6 is 23.2 Å².